The van der Waals surface area contributed by atoms with Gasteiger partial charge in [-0.05, 0) is 0 Å². The van der Waals surface area contributed by atoms with Gasteiger partial charge in [0.15, 0.2) is 0 Å². The average Bonchev–Trinajstić information content (AvgIpc) is 2.25. The molecule has 17 heavy (non-hydrogen) atoms. The van der Waals surface area contributed by atoms with Gasteiger partial charge in [0.1, 0.15) is 19.0 Å². The Labute approximate surface area is 100 Å². The highest BCUT2D eigenvalue weighted by Crippen LogP contribution is 2.26. The third kappa shape index (κ3) is 6.43. The van der Waals surface area contributed by atoms with Gasteiger partial charge in [-0.2, -0.15) is 0 Å². The topological polar surface area (TPSA) is 113 Å². The molecule has 0 fully saturated rings. The number of nitrogens with one attached hydrogen (secondary N) is 1. The van der Waals surface area contributed by atoms with Gasteiger partial charge in [-0.25, -0.2) is 0 Å². The summed E-state index contributed by atoms with van der Waals surface area (Å²) in [6, 6.07) is 0. The van der Waals surface area contributed by atoms with Crippen LogP contribution < -0.4 is 5.32 Å². The summed E-state index contributed by atoms with van der Waals surface area (Å²) in [6.07, 6.45) is -0.570. The molecule has 0 radical (unpaired) electrons. The Balaban J connectivity index is 4.24. The van der Waals surface area contributed by atoms with Crippen molar-refractivity contribution in [2.45, 2.75) is 26.4 Å². The fraction of sp³-hybridized carbons (Fsp3) is 0.778. The van der Waals surface area contributed by atoms with Gasteiger partial charge in [0.2, 0.25) is 5.91 Å². The summed E-state index contributed by atoms with van der Waals surface area (Å²) in [4.78, 5) is 30.0. The van der Waals surface area contributed by atoms with Gasteiger partial charge in [0, 0.05) is 22.9 Å². The maximum absolute atomic E-state index is 11.4. The Morgan fingerprint density at radius 1 is 1.59 bits per heavy atom. The first kappa shape index (κ1) is 16.1. The fourth-order valence-electron chi connectivity index (χ4n) is 1.01. The van der Waals surface area contributed by atoms with Crippen molar-refractivity contribution in [3.63, 3.8) is 0 Å². The molecule has 0 aliphatic rings. The van der Waals surface area contributed by atoms with Crippen molar-refractivity contribution in [1.29, 1.82) is 0 Å². The molecule has 0 aromatic carbocycles. The van der Waals surface area contributed by atoms with E-state index in [0.717, 1.165) is 0 Å². The second-order valence-electron chi connectivity index (χ2n) is 4.15. The number of aldehydes is 1. The van der Waals surface area contributed by atoms with E-state index >= 15 is 0 Å². The molecule has 0 saturated heterocycles. The summed E-state index contributed by atoms with van der Waals surface area (Å²) in [5.41, 5.74) is -1.00. The maximum atomic E-state index is 11.4. The monoisotopic (exact) mass is 266 g/mol. The van der Waals surface area contributed by atoms with Gasteiger partial charge in [-0.3, -0.25) is 4.79 Å². The van der Waals surface area contributed by atoms with Crippen LogP contribution in [0.15, 0.2) is 0 Å². The third-order valence-electron chi connectivity index (χ3n) is 2.10. The summed E-state index contributed by atoms with van der Waals surface area (Å²) >= 11 is 0. The number of carbonyl (C=O) groups excluding carboxylic acids is 2. The summed E-state index contributed by atoms with van der Waals surface area (Å²) in [7, 11) is -2.76. The molecule has 8 heteroatoms. The molecule has 0 bridgehead atoms. The average molecular weight is 266 g/mol. The lowest BCUT2D eigenvalue weighted by Crippen LogP contribution is -2.46. The molecule has 0 aromatic heterocycles. The zero-order chi connectivity index (χ0) is 13.5. The lowest BCUT2D eigenvalue weighted by atomic mass is 9.87. The van der Waals surface area contributed by atoms with Crippen molar-refractivity contribution >= 4 is 20.4 Å². The second-order valence-corrected chi connectivity index (χ2v) is 4.88. The molecule has 0 rings (SSSR count). The van der Waals surface area contributed by atoms with Crippen LogP contribution in [0.1, 0.15) is 20.3 Å². The van der Waals surface area contributed by atoms with Crippen LogP contribution in [-0.2, 0) is 18.7 Å². The first-order valence-electron chi connectivity index (χ1n) is 4.99. The summed E-state index contributed by atoms with van der Waals surface area (Å²) in [5.74, 6) is -0.645. The van der Waals surface area contributed by atoms with Gasteiger partial charge < -0.3 is 15.2 Å². The Morgan fingerprint density at radius 3 is 2.65 bits per heavy atom. The number of carbonyl (C=O) groups is 2. The quantitative estimate of drug-likeness (QED) is 0.317. The van der Waals surface area contributed by atoms with Crippen LogP contribution in [0, 0.1) is 5.41 Å². The highest BCUT2D eigenvalue weighted by molar-refractivity contribution is 7.32. The van der Waals surface area contributed by atoms with Gasteiger partial charge in [0.05, 0.1) is 0 Å². The van der Waals surface area contributed by atoms with E-state index in [-0.39, 0.29) is 19.6 Å². The molecule has 98 valence electrons. The van der Waals surface area contributed by atoms with Crippen molar-refractivity contribution in [1.82, 2.24) is 5.32 Å². The van der Waals surface area contributed by atoms with Crippen molar-refractivity contribution < 1.29 is 28.7 Å². The van der Waals surface area contributed by atoms with E-state index in [0.29, 0.717) is 6.29 Å². The van der Waals surface area contributed by atoms with Crippen LogP contribution in [0.5, 0.6) is 0 Å². The van der Waals surface area contributed by atoms with Crippen molar-refractivity contribution in [3.8, 4) is 0 Å². The van der Waals surface area contributed by atoms with E-state index in [1.54, 1.807) is 0 Å². The zero-order valence-corrected chi connectivity index (χ0v) is 10.6. The number of amides is 1. The molecule has 2 atom stereocenters. The molecular formula is C9H17NO6P+. The van der Waals surface area contributed by atoms with E-state index in [2.05, 4.69) is 9.84 Å². The molecule has 7 nitrogen and oxygen atoms in total. The number of hydrogen-bond donors (Lipinski definition) is 3. The first-order chi connectivity index (χ1) is 7.81. The highest BCUT2D eigenvalue weighted by atomic mass is 31.1. The van der Waals surface area contributed by atoms with Crippen LogP contribution in [0.4, 0.5) is 0 Å². The molecule has 1 amide bonds. The lowest BCUT2D eigenvalue weighted by Gasteiger charge is -2.26. The number of aliphatic hydroxyl groups excluding tert-OH is 1. The molecule has 0 spiro atoms. The van der Waals surface area contributed by atoms with Crippen LogP contribution in [0.2, 0.25) is 0 Å². The molecule has 2 unspecified atom stereocenters. The van der Waals surface area contributed by atoms with E-state index in [9.17, 15) is 19.3 Å². The molecule has 0 aromatic rings. The van der Waals surface area contributed by atoms with Gasteiger partial charge in [-0.1, -0.05) is 13.8 Å². The predicted molar refractivity (Wildman–Crippen MR) is 59.3 cm³/mol. The predicted octanol–water partition coefficient (Wildman–Crippen LogP) is -0.255. The van der Waals surface area contributed by atoms with Crippen LogP contribution in [0.25, 0.3) is 0 Å². The van der Waals surface area contributed by atoms with Gasteiger partial charge >= 0.3 is 8.25 Å². The highest BCUT2D eigenvalue weighted by Gasteiger charge is 2.36. The molecule has 0 aliphatic heterocycles. The second kappa shape index (κ2) is 7.45. The Hall–Kier alpha value is -0.880. The van der Waals surface area contributed by atoms with Crippen molar-refractivity contribution in [2.24, 2.45) is 5.41 Å². The normalized spacial score (nSPS) is 14.0. The molecule has 3 N–H and O–H groups in total. The SMILES string of the molecule is CC(C)(CO[P+](=O)O)C(O)C(=O)NCCC=O. The smallest absolute Gasteiger partial charge is 0.383 e. The Kier molecular flexibility index (Phi) is 7.06. The zero-order valence-electron chi connectivity index (χ0n) is 9.75. The molecule has 0 aliphatic carbocycles. The number of hydrogen-bond acceptors (Lipinski definition) is 5. The lowest BCUT2D eigenvalue weighted by molar-refractivity contribution is -0.136. The van der Waals surface area contributed by atoms with Gasteiger partial charge in [0.25, 0.3) is 0 Å². The standard InChI is InChI=1S/C9H16NO6P/c1-9(2,6-16-17(14)15)7(12)8(13)10-4-3-5-11/h5,7,12H,3-4,6H2,1-2H3,(H-,10,13,14,15)/p+1. The number of aliphatic hydroxyl groups is 1. The van der Waals surface area contributed by atoms with E-state index in [1.165, 1.54) is 13.8 Å². The van der Waals surface area contributed by atoms with Crippen LogP contribution in [-0.4, -0.2) is 41.4 Å². The largest absolute Gasteiger partial charge is 0.694 e. The maximum Gasteiger partial charge on any atom is 0.694 e. The summed E-state index contributed by atoms with van der Waals surface area (Å²) < 4.78 is 14.8. The molecular weight excluding hydrogens is 249 g/mol. The first-order valence-corrected chi connectivity index (χ1v) is 6.12. The minimum atomic E-state index is -2.76. The van der Waals surface area contributed by atoms with Crippen LogP contribution in [0.3, 0.4) is 0 Å². The minimum absolute atomic E-state index is 0.143. The Bertz CT molecular complexity index is 293. The Morgan fingerprint density at radius 2 is 2.18 bits per heavy atom. The molecule has 0 heterocycles. The van der Waals surface area contributed by atoms with Crippen molar-refractivity contribution in [2.75, 3.05) is 13.2 Å². The van der Waals surface area contributed by atoms with Crippen molar-refractivity contribution in [3.05, 3.63) is 0 Å². The van der Waals surface area contributed by atoms with E-state index in [1.807, 2.05) is 0 Å². The summed E-state index contributed by atoms with van der Waals surface area (Å²) in [6.45, 7) is 2.96. The molecule has 0 saturated carbocycles. The summed E-state index contributed by atoms with van der Waals surface area (Å²) in [5, 5.41) is 12.1. The van der Waals surface area contributed by atoms with Crippen LogP contribution >= 0.6 is 8.25 Å². The van der Waals surface area contributed by atoms with E-state index < -0.39 is 25.7 Å². The van der Waals surface area contributed by atoms with Gasteiger partial charge in [-0.15, -0.1) is 9.42 Å². The minimum Gasteiger partial charge on any atom is -0.383 e. The fourth-order valence-corrected chi connectivity index (χ4v) is 1.45. The van der Waals surface area contributed by atoms with E-state index in [4.69, 9.17) is 4.89 Å². The number of rotatable bonds is 8. The third-order valence-corrected chi connectivity index (χ3v) is 2.45.